The van der Waals surface area contributed by atoms with Crippen molar-refractivity contribution in [3.63, 3.8) is 0 Å². The van der Waals surface area contributed by atoms with Crippen molar-refractivity contribution in [3.05, 3.63) is 54.6 Å². The SMILES string of the molecule is CC(C)CC(C)N=C1C=CC(Nc2ccccc2)C=C1. The molecule has 2 nitrogen and oxygen atoms in total. The van der Waals surface area contributed by atoms with E-state index in [1.807, 2.05) is 18.2 Å². The van der Waals surface area contributed by atoms with Gasteiger partial charge in [-0.2, -0.15) is 0 Å². The summed E-state index contributed by atoms with van der Waals surface area (Å²) < 4.78 is 0. The lowest BCUT2D eigenvalue weighted by Crippen LogP contribution is -2.17. The summed E-state index contributed by atoms with van der Waals surface area (Å²) in [6.07, 6.45) is 9.67. The Morgan fingerprint density at radius 1 is 1.05 bits per heavy atom. The van der Waals surface area contributed by atoms with Crippen molar-refractivity contribution in [2.75, 3.05) is 5.32 Å². The largest absolute Gasteiger partial charge is 0.375 e. The van der Waals surface area contributed by atoms with Gasteiger partial charge in [0.1, 0.15) is 0 Å². The van der Waals surface area contributed by atoms with E-state index in [2.05, 4.69) is 62.5 Å². The second kappa shape index (κ2) is 7.09. The van der Waals surface area contributed by atoms with Crippen molar-refractivity contribution in [1.82, 2.24) is 0 Å². The lowest BCUT2D eigenvalue weighted by atomic mass is 10.0. The lowest BCUT2D eigenvalue weighted by Gasteiger charge is -2.16. The van der Waals surface area contributed by atoms with Crippen LogP contribution in [-0.4, -0.2) is 17.8 Å². The maximum absolute atomic E-state index is 4.73. The molecule has 1 aromatic rings. The minimum atomic E-state index is 0.247. The normalized spacial score (nSPS) is 19.2. The minimum absolute atomic E-state index is 0.247. The third-order valence-electron chi connectivity index (χ3n) is 3.24. The van der Waals surface area contributed by atoms with Crippen molar-refractivity contribution in [2.45, 2.75) is 39.3 Å². The fraction of sp³-hybridized carbons (Fsp3) is 0.389. The number of allylic oxidation sites excluding steroid dienone is 2. The van der Waals surface area contributed by atoms with Crippen LogP contribution in [0.4, 0.5) is 5.69 Å². The number of aliphatic imine (C=N–C) groups is 1. The predicted octanol–water partition coefficient (Wildman–Crippen LogP) is 4.47. The van der Waals surface area contributed by atoms with Crippen LogP contribution >= 0.6 is 0 Å². The molecule has 1 aliphatic carbocycles. The van der Waals surface area contributed by atoms with E-state index in [0.29, 0.717) is 12.0 Å². The molecule has 0 saturated heterocycles. The maximum atomic E-state index is 4.73. The van der Waals surface area contributed by atoms with Crippen LogP contribution in [-0.2, 0) is 0 Å². The quantitative estimate of drug-likeness (QED) is 0.837. The molecule has 0 aromatic heterocycles. The summed E-state index contributed by atoms with van der Waals surface area (Å²) in [6, 6.07) is 10.9. The Morgan fingerprint density at radius 3 is 2.30 bits per heavy atom. The van der Waals surface area contributed by atoms with Gasteiger partial charge in [-0.1, -0.05) is 44.2 Å². The van der Waals surface area contributed by atoms with E-state index in [1.165, 1.54) is 0 Å². The van der Waals surface area contributed by atoms with Gasteiger partial charge in [-0.05, 0) is 43.5 Å². The van der Waals surface area contributed by atoms with Gasteiger partial charge in [0.05, 0.1) is 11.8 Å². The Hall–Kier alpha value is -1.83. The first kappa shape index (κ1) is 14.6. The topological polar surface area (TPSA) is 24.4 Å². The van der Waals surface area contributed by atoms with Crippen LogP contribution in [0.15, 0.2) is 59.6 Å². The number of nitrogens with one attached hydrogen (secondary N) is 1. The molecule has 0 amide bonds. The van der Waals surface area contributed by atoms with Crippen LogP contribution in [0.2, 0.25) is 0 Å². The zero-order valence-corrected chi connectivity index (χ0v) is 12.6. The number of nitrogens with zero attached hydrogens (tertiary/aromatic N) is 1. The standard InChI is InChI=1S/C18H24N2/c1-14(2)13-15(3)19-17-9-11-18(12-10-17)20-16-7-5-4-6-8-16/h4-12,14-15,18,20H,13H2,1-3H3. The van der Waals surface area contributed by atoms with Crippen molar-refractivity contribution in [2.24, 2.45) is 10.9 Å². The fourth-order valence-electron chi connectivity index (χ4n) is 2.42. The first-order valence-electron chi connectivity index (χ1n) is 7.39. The molecule has 1 atom stereocenters. The Kier molecular flexibility index (Phi) is 5.16. The van der Waals surface area contributed by atoms with E-state index in [4.69, 9.17) is 4.99 Å². The van der Waals surface area contributed by atoms with Gasteiger partial charge >= 0.3 is 0 Å². The number of hydrogen-bond donors (Lipinski definition) is 1. The summed E-state index contributed by atoms with van der Waals surface area (Å²) in [7, 11) is 0. The van der Waals surface area contributed by atoms with E-state index in [0.717, 1.165) is 17.8 Å². The number of benzene rings is 1. The van der Waals surface area contributed by atoms with Crippen molar-refractivity contribution >= 4 is 11.4 Å². The Morgan fingerprint density at radius 2 is 1.70 bits per heavy atom. The molecule has 106 valence electrons. The number of hydrogen-bond acceptors (Lipinski definition) is 2. The molecule has 0 bridgehead atoms. The van der Waals surface area contributed by atoms with E-state index in [1.54, 1.807) is 0 Å². The predicted molar refractivity (Wildman–Crippen MR) is 88.5 cm³/mol. The molecule has 0 heterocycles. The molecular formula is C18H24N2. The van der Waals surface area contributed by atoms with Gasteiger partial charge in [-0.3, -0.25) is 4.99 Å². The van der Waals surface area contributed by atoms with Gasteiger partial charge in [0.15, 0.2) is 0 Å². The highest BCUT2D eigenvalue weighted by Crippen LogP contribution is 2.13. The van der Waals surface area contributed by atoms with Crippen LogP contribution in [0.5, 0.6) is 0 Å². The van der Waals surface area contributed by atoms with Gasteiger partial charge in [0, 0.05) is 11.7 Å². The molecule has 0 aliphatic heterocycles. The summed E-state index contributed by atoms with van der Waals surface area (Å²) >= 11 is 0. The number of rotatable bonds is 5. The Bertz CT molecular complexity index is 481. The van der Waals surface area contributed by atoms with Crippen molar-refractivity contribution < 1.29 is 0 Å². The average Bonchev–Trinajstić information content (AvgIpc) is 2.41. The maximum Gasteiger partial charge on any atom is 0.0636 e. The van der Waals surface area contributed by atoms with Gasteiger partial charge in [-0.25, -0.2) is 0 Å². The first-order valence-corrected chi connectivity index (χ1v) is 7.39. The molecule has 1 unspecified atom stereocenters. The van der Waals surface area contributed by atoms with E-state index < -0.39 is 0 Å². The molecular weight excluding hydrogens is 244 g/mol. The van der Waals surface area contributed by atoms with Crippen molar-refractivity contribution in [1.29, 1.82) is 0 Å². The van der Waals surface area contributed by atoms with Crippen LogP contribution in [0, 0.1) is 5.92 Å². The first-order chi connectivity index (χ1) is 9.63. The number of para-hydroxylation sites is 1. The summed E-state index contributed by atoms with van der Waals surface area (Å²) in [5.74, 6) is 0.693. The zero-order chi connectivity index (χ0) is 14.4. The molecule has 1 N–H and O–H groups in total. The second-order valence-electron chi connectivity index (χ2n) is 5.79. The molecule has 20 heavy (non-hydrogen) atoms. The molecule has 1 aromatic carbocycles. The molecule has 0 saturated carbocycles. The molecule has 0 spiro atoms. The smallest absolute Gasteiger partial charge is 0.0636 e. The summed E-state index contributed by atoms with van der Waals surface area (Å²) in [6.45, 7) is 6.66. The van der Waals surface area contributed by atoms with Crippen molar-refractivity contribution in [3.8, 4) is 0 Å². The van der Waals surface area contributed by atoms with E-state index >= 15 is 0 Å². The van der Waals surface area contributed by atoms with E-state index in [9.17, 15) is 0 Å². The van der Waals surface area contributed by atoms with Gasteiger partial charge in [0.2, 0.25) is 0 Å². The number of anilines is 1. The van der Waals surface area contributed by atoms with E-state index in [-0.39, 0.29) is 6.04 Å². The minimum Gasteiger partial charge on any atom is -0.375 e. The summed E-state index contributed by atoms with van der Waals surface area (Å²) in [5.41, 5.74) is 2.21. The van der Waals surface area contributed by atoms with Crippen LogP contribution < -0.4 is 5.32 Å². The fourth-order valence-corrected chi connectivity index (χ4v) is 2.42. The highest BCUT2D eigenvalue weighted by molar-refractivity contribution is 6.05. The van der Waals surface area contributed by atoms with Crippen LogP contribution in [0.3, 0.4) is 0 Å². The van der Waals surface area contributed by atoms with Crippen LogP contribution in [0.25, 0.3) is 0 Å². The second-order valence-corrected chi connectivity index (χ2v) is 5.79. The van der Waals surface area contributed by atoms with Gasteiger partial charge in [0.25, 0.3) is 0 Å². The summed E-state index contributed by atoms with van der Waals surface area (Å²) in [4.78, 5) is 4.73. The third kappa shape index (κ3) is 4.69. The molecule has 0 fully saturated rings. The van der Waals surface area contributed by atoms with Gasteiger partial charge < -0.3 is 5.32 Å². The molecule has 0 radical (unpaired) electrons. The highest BCUT2D eigenvalue weighted by Gasteiger charge is 2.07. The highest BCUT2D eigenvalue weighted by atomic mass is 14.9. The lowest BCUT2D eigenvalue weighted by molar-refractivity contribution is 0.522. The Balaban J connectivity index is 1.91. The van der Waals surface area contributed by atoms with Gasteiger partial charge in [-0.15, -0.1) is 0 Å². The summed E-state index contributed by atoms with van der Waals surface area (Å²) in [5, 5.41) is 3.46. The molecule has 2 rings (SSSR count). The zero-order valence-electron chi connectivity index (χ0n) is 12.6. The third-order valence-corrected chi connectivity index (χ3v) is 3.24. The molecule has 1 aliphatic rings. The van der Waals surface area contributed by atoms with Crippen LogP contribution in [0.1, 0.15) is 27.2 Å². The monoisotopic (exact) mass is 268 g/mol. The Labute approximate surface area is 122 Å². The molecule has 2 heteroatoms. The average molecular weight is 268 g/mol.